The van der Waals surface area contributed by atoms with E-state index >= 15 is 0 Å². The number of hydrogen-bond donors (Lipinski definition) is 3. The van der Waals surface area contributed by atoms with E-state index in [4.69, 9.17) is 10.2 Å². The van der Waals surface area contributed by atoms with Gasteiger partial charge in [0.1, 0.15) is 11.9 Å². The van der Waals surface area contributed by atoms with Crippen molar-refractivity contribution in [3.05, 3.63) is 34.7 Å². The number of carbonyl (C=O) groups excluding carboxylic acids is 1. The Morgan fingerprint density at radius 3 is 3.12 bits per heavy atom. The summed E-state index contributed by atoms with van der Waals surface area (Å²) >= 11 is 3.61. The first-order valence-electron chi connectivity index (χ1n) is 8.42. The van der Waals surface area contributed by atoms with E-state index in [1.807, 2.05) is 0 Å². The molecule has 1 amide bonds. The number of fused-ring (bicyclic) bond motifs is 1. The maximum absolute atomic E-state index is 12.5. The third kappa shape index (κ3) is 3.08. The number of oxazole rings is 1. The van der Waals surface area contributed by atoms with Crippen molar-refractivity contribution < 1.29 is 9.21 Å². The number of carbonyl (C=O) groups is 1. The summed E-state index contributed by atoms with van der Waals surface area (Å²) in [6.07, 6.45) is 6.90. The van der Waals surface area contributed by atoms with Gasteiger partial charge in [0.25, 0.3) is 5.91 Å². The highest BCUT2D eigenvalue weighted by Crippen LogP contribution is 2.38. The van der Waals surface area contributed by atoms with Gasteiger partial charge in [0.2, 0.25) is 0 Å². The highest BCUT2D eigenvalue weighted by molar-refractivity contribution is 9.10. The Bertz CT molecular complexity index is 965. The van der Waals surface area contributed by atoms with Crippen molar-refractivity contribution >= 4 is 44.2 Å². The number of hydrogen-bond acceptors (Lipinski definition) is 6. The van der Waals surface area contributed by atoms with Crippen LogP contribution in [0.25, 0.3) is 11.0 Å². The van der Waals surface area contributed by atoms with Gasteiger partial charge >= 0.3 is 0 Å². The summed E-state index contributed by atoms with van der Waals surface area (Å²) in [5, 5.41) is 3.75. The maximum atomic E-state index is 12.5. The van der Waals surface area contributed by atoms with Crippen molar-refractivity contribution in [3.8, 4) is 0 Å². The zero-order chi connectivity index (χ0) is 18.3. The number of pyridine rings is 1. The molecule has 136 valence electrons. The SMILES string of the molecule is Cc1nc(C(=O)Nc2c[nH]c3ncc(Br)c(N4CCCC(N)C4)c23)co1. The average molecular weight is 419 g/mol. The predicted octanol–water partition coefficient (Wildman–Crippen LogP) is 2.80. The van der Waals surface area contributed by atoms with Crippen LogP contribution >= 0.6 is 15.9 Å². The maximum Gasteiger partial charge on any atom is 0.277 e. The zero-order valence-electron chi connectivity index (χ0n) is 14.3. The summed E-state index contributed by atoms with van der Waals surface area (Å²) in [5.74, 6) is 0.116. The molecule has 1 unspecified atom stereocenters. The van der Waals surface area contributed by atoms with Crippen LogP contribution in [0, 0.1) is 6.92 Å². The number of aromatic nitrogens is 3. The number of piperidine rings is 1. The smallest absolute Gasteiger partial charge is 0.277 e. The van der Waals surface area contributed by atoms with Crippen LogP contribution in [0.2, 0.25) is 0 Å². The number of H-pyrrole nitrogens is 1. The first-order valence-corrected chi connectivity index (χ1v) is 9.22. The van der Waals surface area contributed by atoms with Crippen LogP contribution in [0.3, 0.4) is 0 Å². The molecule has 9 heteroatoms. The lowest BCUT2D eigenvalue weighted by atomic mass is 10.1. The monoisotopic (exact) mass is 418 g/mol. The van der Waals surface area contributed by atoms with E-state index in [1.54, 1.807) is 19.3 Å². The topological polar surface area (TPSA) is 113 Å². The highest BCUT2D eigenvalue weighted by Gasteiger charge is 2.24. The Kier molecular flexibility index (Phi) is 4.41. The fraction of sp³-hybridized carbons (Fsp3) is 0.353. The molecule has 1 saturated heterocycles. The standard InChI is InChI=1S/C17H19BrN6O2/c1-9-22-13(8-26-9)17(25)23-12-6-21-16-14(12)15(11(18)5-20-16)24-4-2-3-10(19)7-24/h5-6,8,10H,2-4,7,19H2,1H3,(H,20,21)(H,23,25). The summed E-state index contributed by atoms with van der Waals surface area (Å²) in [6, 6.07) is 0.133. The molecule has 0 radical (unpaired) electrons. The van der Waals surface area contributed by atoms with Gasteiger partial charge in [-0.15, -0.1) is 0 Å². The molecule has 4 heterocycles. The molecular formula is C17H19BrN6O2. The number of nitrogens with zero attached hydrogens (tertiary/aromatic N) is 3. The summed E-state index contributed by atoms with van der Waals surface area (Å²) in [5.41, 5.74) is 8.73. The van der Waals surface area contributed by atoms with E-state index in [0.29, 0.717) is 17.2 Å². The van der Waals surface area contributed by atoms with Crippen LogP contribution in [-0.4, -0.2) is 40.0 Å². The molecule has 1 aliphatic heterocycles. The van der Waals surface area contributed by atoms with Crippen molar-refractivity contribution in [2.75, 3.05) is 23.3 Å². The second-order valence-electron chi connectivity index (χ2n) is 6.43. The normalized spacial score (nSPS) is 17.7. The number of amides is 1. The van der Waals surface area contributed by atoms with Crippen molar-refractivity contribution in [2.45, 2.75) is 25.8 Å². The van der Waals surface area contributed by atoms with Gasteiger partial charge in [-0.05, 0) is 28.8 Å². The molecule has 1 aliphatic rings. The number of halogens is 1. The predicted molar refractivity (Wildman–Crippen MR) is 102 cm³/mol. The number of nitrogens with two attached hydrogens (primary N) is 1. The number of aromatic amines is 1. The lowest BCUT2D eigenvalue weighted by Gasteiger charge is -2.33. The molecule has 3 aromatic rings. The third-order valence-electron chi connectivity index (χ3n) is 4.50. The molecule has 0 aliphatic carbocycles. The molecule has 4 N–H and O–H groups in total. The zero-order valence-corrected chi connectivity index (χ0v) is 15.8. The minimum atomic E-state index is -0.330. The van der Waals surface area contributed by atoms with Gasteiger partial charge in [0, 0.05) is 38.4 Å². The lowest BCUT2D eigenvalue weighted by molar-refractivity contribution is 0.102. The van der Waals surface area contributed by atoms with Crippen molar-refractivity contribution in [2.24, 2.45) is 5.73 Å². The van der Waals surface area contributed by atoms with Crippen molar-refractivity contribution in [1.29, 1.82) is 0 Å². The van der Waals surface area contributed by atoms with Gasteiger partial charge in [0.05, 0.1) is 21.2 Å². The largest absolute Gasteiger partial charge is 0.448 e. The summed E-state index contributed by atoms with van der Waals surface area (Å²) in [4.78, 5) is 26.3. The fourth-order valence-corrected chi connectivity index (χ4v) is 3.88. The van der Waals surface area contributed by atoms with Crippen molar-refractivity contribution in [3.63, 3.8) is 0 Å². The van der Waals surface area contributed by atoms with Crippen LogP contribution < -0.4 is 16.0 Å². The second-order valence-corrected chi connectivity index (χ2v) is 7.29. The minimum Gasteiger partial charge on any atom is -0.448 e. The van der Waals surface area contributed by atoms with Gasteiger partial charge in [-0.3, -0.25) is 4.79 Å². The Morgan fingerprint density at radius 1 is 1.54 bits per heavy atom. The van der Waals surface area contributed by atoms with Crippen LogP contribution in [0.5, 0.6) is 0 Å². The van der Waals surface area contributed by atoms with Gasteiger partial charge in [-0.2, -0.15) is 0 Å². The third-order valence-corrected chi connectivity index (χ3v) is 5.08. The van der Waals surface area contributed by atoms with E-state index in [2.05, 4.69) is 41.1 Å². The first kappa shape index (κ1) is 17.0. The molecule has 0 bridgehead atoms. The number of anilines is 2. The van der Waals surface area contributed by atoms with Gasteiger partial charge < -0.3 is 25.4 Å². The lowest BCUT2D eigenvalue weighted by Crippen LogP contribution is -2.43. The van der Waals surface area contributed by atoms with Crippen LogP contribution in [0.1, 0.15) is 29.2 Å². The van der Waals surface area contributed by atoms with E-state index < -0.39 is 0 Å². The average Bonchev–Trinajstić information content (AvgIpc) is 3.22. The van der Waals surface area contributed by atoms with Gasteiger partial charge in [0.15, 0.2) is 11.6 Å². The molecule has 1 atom stereocenters. The minimum absolute atomic E-state index is 0.133. The van der Waals surface area contributed by atoms with E-state index in [1.165, 1.54) is 6.26 Å². The summed E-state index contributed by atoms with van der Waals surface area (Å²) < 4.78 is 5.99. The Morgan fingerprint density at radius 2 is 2.38 bits per heavy atom. The molecule has 0 spiro atoms. The van der Waals surface area contributed by atoms with E-state index in [0.717, 1.165) is 41.5 Å². The fourth-order valence-electron chi connectivity index (χ4n) is 3.33. The number of nitrogens with one attached hydrogen (secondary N) is 2. The molecule has 3 aromatic heterocycles. The Hall–Kier alpha value is -2.39. The number of aryl methyl sites for hydroxylation is 1. The molecule has 26 heavy (non-hydrogen) atoms. The quantitative estimate of drug-likeness (QED) is 0.602. The molecule has 1 fully saturated rings. The van der Waals surface area contributed by atoms with Crippen LogP contribution in [0.15, 0.2) is 27.5 Å². The molecular weight excluding hydrogens is 400 g/mol. The highest BCUT2D eigenvalue weighted by atomic mass is 79.9. The molecule has 8 nitrogen and oxygen atoms in total. The van der Waals surface area contributed by atoms with Gasteiger partial charge in [-0.1, -0.05) is 0 Å². The first-order chi connectivity index (χ1) is 12.5. The molecule has 0 aromatic carbocycles. The van der Waals surface area contributed by atoms with Crippen LogP contribution in [0.4, 0.5) is 11.4 Å². The van der Waals surface area contributed by atoms with E-state index in [9.17, 15) is 4.79 Å². The second kappa shape index (κ2) is 6.73. The Labute approximate surface area is 158 Å². The van der Waals surface area contributed by atoms with Crippen LogP contribution in [-0.2, 0) is 0 Å². The van der Waals surface area contributed by atoms with Crippen molar-refractivity contribution in [1.82, 2.24) is 15.0 Å². The molecule has 4 rings (SSSR count). The summed E-state index contributed by atoms with van der Waals surface area (Å²) in [6.45, 7) is 3.37. The van der Waals surface area contributed by atoms with Gasteiger partial charge in [-0.25, -0.2) is 9.97 Å². The molecule has 0 saturated carbocycles. The Balaban J connectivity index is 1.74. The van der Waals surface area contributed by atoms with E-state index in [-0.39, 0.29) is 17.6 Å². The number of rotatable bonds is 3. The summed E-state index contributed by atoms with van der Waals surface area (Å²) in [7, 11) is 0.